The summed E-state index contributed by atoms with van der Waals surface area (Å²) in [5, 5.41) is 0. The number of rotatable bonds is 5. The maximum absolute atomic E-state index is 10.3. The van der Waals surface area contributed by atoms with Gasteiger partial charge in [0.2, 0.25) is 0 Å². The van der Waals surface area contributed by atoms with Crippen molar-refractivity contribution < 1.29 is 4.79 Å². The quantitative estimate of drug-likeness (QED) is 0.291. The molecule has 0 aromatic carbocycles. The van der Waals surface area contributed by atoms with Crippen LogP contribution in [-0.4, -0.2) is 6.29 Å². The summed E-state index contributed by atoms with van der Waals surface area (Å²) in [6.45, 7) is 8.83. The van der Waals surface area contributed by atoms with Gasteiger partial charge >= 0.3 is 0 Å². The third-order valence-corrected chi connectivity index (χ3v) is 3.91. The van der Waals surface area contributed by atoms with Crippen LogP contribution >= 0.6 is 0 Å². The van der Waals surface area contributed by atoms with Crippen LogP contribution in [0.2, 0.25) is 0 Å². The predicted molar refractivity (Wildman–Crippen MR) is 87.5 cm³/mol. The van der Waals surface area contributed by atoms with Crippen molar-refractivity contribution in [3.05, 3.63) is 59.8 Å². The summed E-state index contributed by atoms with van der Waals surface area (Å²) in [6.07, 6.45) is 19.5. The van der Waals surface area contributed by atoms with E-state index in [1.165, 1.54) is 18.4 Å². The highest BCUT2D eigenvalue weighted by Gasteiger charge is 2.30. The Balaban J connectivity index is 2.60. The summed E-state index contributed by atoms with van der Waals surface area (Å²) < 4.78 is 0. The van der Waals surface area contributed by atoms with E-state index in [0.717, 1.165) is 11.9 Å². The minimum Gasteiger partial charge on any atom is -0.299 e. The summed E-state index contributed by atoms with van der Waals surface area (Å²) in [5.41, 5.74) is 2.79. The van der Waals surface area contributed by atoms with Crippen molar-refractivity contribution in [3.8, 4) is 0 Å². The van der Waals surface area contributed by atoms with Crippen LogP contribution in [-0.2, 0) is 4.79 Å². The first-order valence-electron chi connectivity index (χ1n) is 7.27. The van der Waals surface area contributed by atoms with Crippen LogP contribution in [0, 0.1) is 11.3 Å². The van der Waals surface area contributed by atoms with Crippen LogP contribution in [0.1, 0.15) is 40.5 Å². The first-order chi connectivity index (χ1) is 9.47. The van der Waals surface area contributed by atoms with Gasteiger partial charge < -0.3 is 0 Å². The summed E-state index contributed by atoms with van der Waals surface area (Å²) in [7, 11) is 0. The van der Waals surface area contributed by atoms with Gasteiger partial charge in [-0.05, 0) is 43.8 Å². The minimum absolute atomic E-state index is 0.350. The van der Waals surface area contributed by atoms with Gasteiger partial charge in [-0.1, -0.05) is 62.0 Å². The van der Waals surface area contributed by atoms with Gasteiger partial charge in [-0.25, -0.2) is 0 Å². The van der Waals surface area contributed by atoms with E-state index in [2.05, 4.69) is 39.0 Å². The largest absolute Gasteiger partial charge is 0.299 e. The molecular formula is C19H26O. The van der Waals surface area contributed by atoms with Crippen LogP contribution in [0.4, 0.5) is 0 Å². The van der Waals surface area contributed by atoms with Gasteiger partial charge in [0.25, 0.3) is 0 Å². The van der Waals surface area contributed by atoms with Crippen molar-refractivity contribution in [2.75, 3.05) is 0 Å². The average molecular weight is 270 g/mol. The molecule has 1 aliphatic carbocycles. The molecule has 1 nitrogen and oxygen atoms in total. The van der Waals surface area contributed by atoms with Crippen molar-refractivity contribution in [1.29, 1.82) is 0 Å². The monoisotopic (exact) mass is 270 g/mol. The molecule has 0 aromatic heterocycles. The fourth-order valence-electron chi connectivity index (χ4n) is 2.66. The SMILES string of the molecule is CC1=CCCC(C)(C)C1/C=C/C=C/C=C/C(C)=C/C=O. The molecule has 1 rings (SSSR count). The standard InChI is InChI=1S/C19H26O/c1-16(13-15-20)10-7-5-6-8-12-18-17(2)11-9-14-19(18,3)4/h5-8,10-13,15,18H,9,14H2,1-4H3/b6-5+,10-7+,12-8+,16-13+. The Bertz CT molecular complexity index is 470. The Morgan fingerprint density at radius 3 is 2.60 bits per heavy atom. The Labute approximate surface area is 123 Å². The van der Waals surface area contributed by atoms with Crippen molar-refractivity contribution >= 4 is 6.29 Å². The lowest BCUT2D eigenvalue weighted by molar-refractivity contribution is -0.104. The maximum Gasteiger partial charge on any atom is 0.143 e. The molecule has 0 saturated carbocycles. The van der Waals surface area contributed by atoms with E-state index < -0.39 is 0 Å². The first kappa shape index (κ1) is 16.4. The van der Waals surface area contributed by atoms with E-state index in [1.807, 2.05) is 31.2 Å². The van der Waals surface area contributed by atoms with Crippen molar-refractivity contribution in [1.82, 2.24) is 0 Å². The Hall–Kier alpha value is -1.63. The number of hydrogen-bond acceptors (Lipinski definition) is 1. The number of hydrogen-bond donors (Lipinski definition) is 0. The van der Waals surface area contributed by atoms with Crippen molar-refractivity contribution in [3.63, 3.8) is 0 Å². The molecular weight excluding hydrogens is 244 g/mol. The van der Waals surface area contributed by atoms with E-state index in [0.29, 0.717) is 11.3 Å². The molecule has 108 valence electrons. The van der Waals surface area contributed by atoms with Gasteiger partial charge in [-0.15, -0.1) is 0 Å². The lowest BCUT2D eigenvalue weighted by Gasteiger charge is -2.36. The second-order valence-corrected chi connectivity index (χ2v) is 6.13. The van der Waals surface area contributed by atoms with E-state index in [1.54, 1.807) is 6.08 Å². The zero-order valence-corrected chi connectivity index (χ0v) is 13.1. The topological polar surface area (TPSA) is 17.1 Å². The summed E-state index contributed by atoms with van der Waals surface area (Å²) >= 11 is 0. The first-order valence-corrected chi connectivity index (χ1v) is 7.27. The molecule has 0 bridgehead atoms. The Morgan fingerprint density at radius 1 is 1.25 bits per heavy atom. The zero-order valence-electron chi connectivity index (χ0n) is 13.1. The molecule has 1 aliphatic rings. The van der Waals surface area contributed by atoms with Gasteiger partial charge in [0.15, 0.2) is 0 Å². The molecule has 0 aromatic rings. The van der Waals surface area contributed by atoms with Crippen LogP contribution in [0.3, 0.4) is 0 Å². The van der Waals surface area contributed by atoms with Gasteiger partial charge in [-0.3, -0.25) is 4.79 Å². The predicted octanol–water partition coefficient (Wildman–Crippen LogP) is 5.18. The molecule has 0 N–H and O–H groups in total. The molecule has 0 heterocycles. The molecule has 1 atom stereocenters. The maximum atomic E-state index is 10.3. The highest BCUT2D eigenvalue weighted by molar-refractivity contribution is 5.66. The summed E-state index contributed by atoms with van der Waals surface area (Å²) in [4.78, 5) is 10.3. The summed E-state index contributed by atoms with van der Waals surface area (Å²) in [6, 6.07) is 0. The third kappa shape index (κ3) is 5.16. The molecule has 1 heteroatoms. The Morgan fingerprint density at radius 2 is 1.95 bits per heavy atom. The molecule has 0 fully saturated rings. The fourth-order valence-corrected chi connectivity index (χ4v) is 2.66. The van der Waals surface area contributed by atoms with Crippen LogP contribution in [0.5, 0.6) is 0 Å². The molecule has 0 radical (unpaired) electrons. The van der Waals surface area contributed by atoms with E-state index in [9.17, 15) is 4.79 Å². The molecule has 0 spiro atoms. The van der Waals surface area contributed by atoms with Gasteiger partial charge in [0.05, 0.1) is 0 Å². The average Bonchev–Trinajstić information content (AvgIpc) is 2.36. The van der Waals surface area contributed by atoms with E-state index in [-0.39, 0.29) is 0 Å². The van der Waals surface area contributed by atoms with Gasteiger partial charge in [0.1, 0.15) is 6.29 Å². The van der Waals surface area contributed by atoms with Crippen LogP contribution in [0.15, 0.2) is 59.8 Å². The lowest BCUT2D eigenvalue weighted by atomic mass is 9.68. The normalized spacial score (nSPS) is 23.7. The van der Waals surface area contributed by atoms with Crippen molar-refractivity contribution in [2.24, 2.45) is 11.3 Å². The molecule has 0 amide bonds. The number of allylic oxidation sites excluding steroid dienone is 10. The highest BCUT2D eigenvalue weighted by Crippen LogP contribution is 2.41. The smallest absolute Gasteiger partial charge is 0.143 e. The van der Waals surface area contributed by atoms with Gasteiger partial charge in [-0.2, -0.15) is 0 Å². The van der Waals surface area contributed by atoms with E-state index in [4.69, 9.17) is 0 Å². The molecule has 1 unspecified atom stereocenters. The highest BCUT2D eigenvalue weighted by atomic mass is 16.1. The lowest BCUT2D eigenvalue weighted by Crippen LogP contribution is -2.26. The second kappa shape index (κ2) is 7.84. The third-order valence-electron chi connectivity index (χ3n) is 3.91. The molecule has 0 aliphatic heterocycles. The zero-order chi connectivity index (χ0) is 15.0. The number of carbonyl (C=O) groups is 1. The summed E-state index contributed by atoms with van der Waals surface area (Å²) in [5.74, 6) is 0.529. The molecule has 20 heavy (non-hydrogen) atoms. The van der Waals surface area contributed by atoms with Crippen molar-refractivity contribution in [2.45, 2.75) is 40.5 Å². The second-order valence-electron chi connectivity index (χ2n) is 6.13. The number of carbonyl (C=O) groups excluding carboxylic acids is 1. The minimum atomic E-state index is 0.350. The Kier molecular flexibility index (Phi) is 6.44. The van der Waals surface area contributed by atoms with Gasteiger partial charge in [0, 0.05) is 5.92 Å². The van der Waals surface area contributed by atoms with Crippen LogP contribution < -0.4 is 0 Å². The number of aldehydes is 1. The van der Waals surface area contributed by atoms with Crippen LogP contribution in [0.25, 0.3) is 0 Å². The fraction of sp³-hybridized carbons (Fsp3) is 0.421. The molecule has 0 saturated heterocycles. The van der Waals surface area contributed by atoms with E-state index >= 15 is 0 Å².